The van der Waals surface area contributed by atoms with Crippen LogP contribution in [0.3, 0.4) is 0 Å². The lowest BCUT2D eigenvalue weighted by Crippen LogP contribution is -2.32. The number of hydrazine groups is 2. The van der Waals surface area contributed by atoms with Crippen LogP contribution in [-0.4, -0.2) is 25.0 Å². The molecule has 0 saturated heterocycles. The second-order valence-corrected chi connectivity index (χ2v) is 3.97. The van der Waals surface area contributed by atoms with Crippen molar-refractivity contribution < 1.29 is 19.1 Å². The average molecular weight is 306 g/mol. The predicted octanol–water partition coefficient (Wildman–Crippen LogP) is 0.0232. The molecule has 0 bridgehead atoms. The summed E-state index contributed by atoms with van der Waals surface area (Å²) in [5.41, 5.74) is 4.21. The maximum absolute atomic E-state index is 11.8. The number of carbonyl (C=O) groups is 2. The Hall–Kier alpha value is -2.84. The van der Waals surface area contributed by atoms with E-state index in [1.54, 1.807) is 0 Å². The Morgan fingerprint density at radius 1 is 0.955 bits per heavy atom. The standard InChI is InChI=1S/C14H18N4O4/c1-3-7-21-11-9(13(19)17-15)5-6-10(14(20)18-16)12(11)22-8-4-2/h3-6H,1-2,7-8,15-16H2,(H,17,19)(H,18,20). The SMILES string of the molecule is C=CCOc1c(C(=O)NN)ccc(C(=O)NN)c1OCC=C. The fourth-order valence-corrected chi connectivity index (χ4v) is 1.65. The largest absolute Gasteiger partial charge is 0.485 e. The molecule has 1 rings (SSSR count). The topological polar surface area (TPSA) is 129 Å². The Balaban J connectivity index is 3.48. The van der Waals surface area contributed by atoms with Crippen LogP contribution in [0.1, 0.15) is 20.7 Å². The van der Waals surface area contributed by atoms with Gasteiger partial charge in [-0.05, 0) is 12.1 Å². The van der Waals surface area contributed by atoms with Gasteiger partial charge in [-0.25, -0.2) is 11.7 Å². The molecule has 1 aromatic carbocycles. The lowest BCUT2D eigenvalue weighted by Gasteiger charge is -2.17. The maximum Gasteiger partial charge on any atom is 0.269 e. The van der Waals surface area contributed by atoms with Crippen molar-refractivity contribution in [1.29, 1.82) is 0 Å². The molecule has 0 aromatic heterocycles. The van der Waals surface area contributed by atoms with Crippen molar-refractivity contribution in [1.82, 2.24) is 10.9 Å². The second kappa shape index (κ2) is 8.45. The van der Waals surface area contributed by atoms with Crippen LogP contribution >= 0.6 is 0 Å². The summed E-state index contributed by atoms with van der Waals surface area (Å²) < 4.78 is 10.9. The molecular formula is C14H18N4O4. The number of hydrogen-bond acceptors (Lipinski definition) is 6. The molecule has 118 valence electrons. The van der Waals surface area contributed by atoms with Crippen molar-refractivity contribution in [2.75, 3.05) is 13.2 Å². The summed E-state index contributed by atoms with van der Waals surface area (Å²) in [7, 11) is 0. The summed E-state index contributed by atoms with van der Waals surface area (Å²) >= 11 is 0. The molecule has 0 aliphatic carbocycles. The molecule has 0 heterocycles. The molecule has 0 aliphatic heterocycles. The van der Waals surface area contributed by atoms with Gasteiger partial charge in [0.25, 0.3) is 11.8 Å². The fourth-order valence-electron chi connectivity index (χ4n) is 1.65. The van der Waals surface area contributed by atoms with E-state index >= 15 is 0 Å². The molecule has 0 atom stereocenters. The van der Waals surface area contributed by atoms with Gasteiger partial charge in [-0.3, -0.25) is 20.4 Å². The zero-order chi connectivity index (χ0) is 16.5. The minimum absolute atomic E-state index is 0.0609. The minimum atomic E-state index is -0.595. The summed E-state index contributed by atoms with van der Waals surface area (Å²) in [6.45, 7) is 7.26. The quantitative estimate of drug-likeness (QED) is 0.232. The van der Waals surface area contributed by atoms with E-state index in [4.69, 9.17) is 21.2 Å². The van der Waals surface area contributed by atoms with Crippen molar-refractivity contribution in [3.05, 3.63) is 48.6 Å². The Morgan fingerprint density at radius 3 is 1.59 bits per heavy atom. The van der Waals surface area contributed by atoms with Crippen LogP contribution in [-0.2, 0) is 0 Å². The van der Waals surface area contributed by atoms with Crippen LogP contribution in [0.2, 0.25) is 0 Å². The number of nitrogens with two attached hydrogens (primary N) is 2. The number of carbonyl (C=O) groups excluding carboxylic acids is 2. The first-order chi connectivity index (χ1) is 10.6. The Labute approximate surface area is 127 Å². The third kappa shape index (κ3) is 3.84. The molecule has 2 amide bonds. The van der Waals surface area contributed by atoms with Gasteiger partial charge in [-0.15, -0.1) is 0 Å². The molecule has 0 unspecified atom stereocenters. The molecule has 0 spiro atoms. The highest BCUT2D eigenvalue weighted by molar-refractivity contribution is 6.02. The summed E-state index contributed by atoms with van der Waals surface area (Å²) in [5, 5.41) is 0. The van der Waals surface area contributed by atoms with E-state index in [0.717, 1.165) is 0 Å². The van der Waals surface area contributed by atoms with Crippen molar-refractivity contribution in [3.63, 3.8) is 0 Å². The van der Waals surface area contributed by atoms with Crippen molar-refractivity contribution in [2.24, 2.45) is 11.7 Å². The van der Waals surface area contributed by atoms with Crippen molar-refractivity contribution in [2.45, 2.75) is 0 Å². The predicted molar refractivity (Wildman–Crippen MR) is 81.1 cm³/mol. The highest BCUT2D eigenvalue weighted by Crippen LogP contribution is 2.35. The number of rotatable bonds is 8. The third-order valence-corrected chi connectivity index (χ3v) is 2.55. The first-order valence-electron chi connectivity index (χ1n) is 6.26. The van der Waals surface area contributed by atoms with Crippen molar-refractivity contribution >= 4 is 11.8 Å². The monoisotopic (exact) mass is 306 g/mol. The number of hydrogen-bond donors (Lipinski definition) is 4. The van der Waals surface area contributed by atoms with Crippen LogP contribution in [0.4, 0.5) is 0 Å². The van der Waals surface area contributed by atoms with Gasteiger partial charge in [0.15, 0.2) is 11.5 Å². The molecule has 6 N–H and O–H groups in total. The number of nitrogens with one attached hydrogen (secondary N) is 2. The average Bonchev–Trinajstić information content (AvgIpc) is 2.56. The molecule has 0 radical (unpaired) electrons. The summed E-state index contributed by atoms with van der Waals surface area (Å²) in [6, 6.07) is 2.76. The first-order valence-corrected chi connectivity index (χ1v) is 6.26. The van der Waals surface area contributed by atoms with Crippen LogP contribution < -0.4 is 32.0 Å². The van der Waals surface area contributed by atoms with E-state index in [0.29, 0.717) is 0 Å². The van der Waals surface area contributed by atoms with Crippen LogP contribution in [0.5, 0.6) is 11.5 Å². The molecule has 8 nitrogen and oxygen atoms in total. The third-order valence-electron chi connectivity index (χ3n) is 2.55. The van der Waals surface area contributed by atoms with E-state index in [-0.39, 0.29) is 35.8 Å². The highest BCUT2D eigenvalue weighted by atomic mass is 16.5. The maximum atomic E-state index is 11.8. The van der Waals surface area contributed by atoms with Gasteiger partial charge in [0.2, 0.25) is 0 Å². The number of benzene rings is 1. The van der Waals surface area contributed by atoms with E-state index in [1.807, 2.05) is 10.9 Å². The summed E-state index contributed by atoms with van der Waals surface area (Å²) in [5.74, 6) is 9.22. The van der Waals surface area contributed by atoms with Crippen LogP contribution in [0, 0.1) is 0 Å². The smallest absolute Gasteiger partial charge is 0.269 e. The number of nitrogen functional groups attached to an aromatic ring is 2. The molecule has 8 heteroatoms. The molecule has 0 saturated carbocycles. The summed E-state index contributed by atoms with van der Waals surface area (Å²) in [4.78, 5) is 23.7. The van der Waals surface area contributed by atoms with Gasteiger partial charge in [-0.2, -0.15) is 0 Å². The number of amides is 2. The van der Waals surface area contributed by atoms with Crippen molar-refractivity contribution in [3.8, 4) is 11.5 Å². The number of ether oxygens (including phenoxy) is 2. The normalized spacial score (nSPS) is 9.55. The van der Waals surface area contributed by atoms with E-state index in [2.05, 4.69) is 13.2 Å². The zero-order valence-corrected chi connectivity index (χ0v) is 11.9. The van der Waals surface area contributed by atoms with Crippen LogP contribution in [0.15, 0.2) is 37.4 Å². The minimum Gasteiger partial charge on any atom is -0.485 e. The Morgan fingerprint density at radius 2 is 1.32 bits per heavy atom. The van der Waals surface area contributed by atoms with Gasteiger partial charge in [0.05, 0.1) is 11.1 Å². The lowest BCUT2D eigenvalue weighted by molar-refractivity contribution is 0.0934. The molecular weight excluding hydrogens is 288 g/mol. The zero-order valence-electron chi connectivity index (χ0n) is 11.9. The Bertz CT molecular complexity index is 535. The fraction of sp³-hybridized carbons (Fsp3) is 0.143. The summed E-state index contributed by atoms with van der Waals surface area (Å²) in [6.07, 6.45) is 2.97. The van der Waals surface area contributed by atoms with Crippen LogP contribution in [0.25, 0.3) is 0 Å². The molecule has 0 aliphatic rings. The van der Waals surface area contributed by atoms with Gasteiger partial charge in [-0.1, -0.05) is 25.3 Å². The van der Waals surface area contributed by atoms with Gasteiger partial charge in [0.1, 0.15) is 13.2 Å². The van der Waals surface area contributed by atoms with Gasteiger partial charge in [0, 0.05) is 0 Å². The lowest BCUT2D eigenvalue weighted by atomic mass is 10.1. The van der Waals surface area contributed by atoms with E-state index < -0.39 is 11.8 Å². The molecule has 1 aromatic rings. The van der Waals surface area contributed by atoms with E-state index in [9.17, 15) is 9.59 Å². The molecule has 22 heavy (non-hydrogen) atoms. The first kappa shape index (κ1) is 17.2. The second-order valence-electron chi connectivity index (χ2n) is 3.97. The van der Waals surface area contributed by atoms with Gasteiger partial charge >= 0.3 is 0 Å². The highest BCUT2D eigenvalue weighted by Gasteiger charge is 2.23. The Kier molecular flexibility index (Phi) is 6.61. The van der Waals surface area contributed by atoms with Gasteiger partial charge < -0.3 is 9.47 Å². The molecule has 0 fully saturated rings. The van der Waals surface area contributed by atoms with E-state index in [1.165, 1.54) is 24.3 Å².